The molecule has 4 aromatic rings. The fraction of sp³-hybridized carbons (Fsp3) is 0.192. The Morgan fingerprint density at radius 1 is 0.909 bits per heavy atom. The summed E-state index contributed by atoms with van der Waals surface area (Å²) >= 11 is 0. The van der Waals surface area contributed by atoms with Gasteiger partial charge < -0.3 is 9.88 Å². The molecule has 0 spiro atoms. The van der Waals surface area contributed by atoms with Crippen molar-refractivity contribution in [3.63, 3.8) is 0 Å². The number of rotatable bonds is 3. The second kappa shape index (κ2) is 7.56. The van der Waals surface area contributed by atoms with Crippen LogP contribution in [0.5, 0.6) is 0 Å². The highest BCUT2D eigenvalue weighted by molar-refractivity contribution is 5.98. The van der Waals surface area contributed by atoms with Gasteiger partial charge in [-0.15, -0.1) is 0 Å². The molecule has 33 heavy (non-hydrogen) atoms. The van der Waals surface area contributed by atoms with Gasteiger partial charge in [-0.25, -0.2) is 0 Å². The number of benzene rings is 3. The Balaban J connectivity index is 1.26. The monoisotopic (exact) mass is 438 g/mol. The van der Waals surface area contributed by atoms with Gasteiger partial charge in [0.25, 0.3) is 11.6 Å². The normalized spacial score (nSPS) is 17.7. The molecule has 0 radical (unpaired) electrons. The van der Waals surface area contributed by atoms with Crippen LogP contribution in [0, 0.1) is 10.1 Å². The smallest absolute Gasteiger partial charge is 0.269 e. The lowest BCUT2D eigenvalue weighted by molar-refractivity contribution is -0.384. The average molecular weight is 438 g/mol. The van der Waals surface area contributed by atoms with E-state index < -0.39 is 0 Å². The summed E-state index contributed by atoms with van der Waals surface area (Å²) in [4.78, 5) is 31.6. The Hall–Kier alpha value is -3.97. The molecule has 1 amide bonds. The van der Waals surface area contributed by atoms with Crippen molar-refractivity contribution >= 4 is 22.5 Å². The van der Waals surface area contributed by atoms with E-state index in [0.717, 1.165) is 27.6 Å². The van der Waals surface area contributed by atoms with Crippen LogP contribution < -0.4 is 0 Å². The molecule has 164 valence electrons. The molecular weight excluding hydrogens is 416 g/mol. The third-order valence-electron chi connectivity index (χ3n) is 6.85. The van der Waals surface area contributed by atoms with Crippen LogP contribution in [0.3, 0.4) is 0 Å². The molecule has 1 aliphatic heterocycles. The van der Waals surface area contributed by atoms with E-state index in [2.05, 4.69) is 22.0 Å². The van der Waals surface area contributed by atoms with Crippen LogP contribution in [0.25, 0.3) is 22.0 Å². The predicted molar refractivity (Wildman–Crippen MR) is 126 cm³/mol. The van der Waals surface area contributed by atoms with Gasteiger partial charge >= 0.3 is 0 Å². The molecule has 0 saturated carbocycles. The number of nitro benzene ring substituents is 1. The van der Waals surface area contributed by atoms with E-state index in [0.29, 0.717) is 31.7 Å². The van der Waals surface area contributed by atoms with Crippen molar-refractivity contribution in [2.75, 3.05) is 26.2 Å². The maximum atomic E-state index is 13.1. The molecule has 7 nitrogen and oxygen atoms in total. The molecule has 1 saturated heterocycles. The maximum Gasteiger partial charge on any atom is 0.269 e. The lowest BCUT2D eigenvalue weighted by Crippen LogP contribution is -2.49. The van der Waals surface area contributed by atoms with Crippen LogP contribution in [0.4, 0.5) is 5.69 Å². The van der Waals surface area contributed by atoms with E-state index in [1.54, 1.807) is 12.1 Å². The van der Waals surface area contributed by atoms with Crippen molar-refractivity contribution in [2.45, 2.75) is 6.04 Å². The van der Waals surface area contributed by atoms with E-state index in [-0.39, 0.29) is 22.6 Å². The van der Waals surface area contributed by atoms with Crippen LogP contribution in [0.15, 0.2) is 72.9 Å². The Morgan fingerprint density at radius 2 is 1.70 bits per heavy atom. The quantitative estimate of drug-likeness (QED) is 0.374. The Morgan fingerprint density at radius 3 is 2.52 bits per heavy atom. The number of hydrogen-bond donors (Lipinski definition) is 1. The third kappa shape index (κ3) is 3.20. The van der Waals surface area contributed by atoms with Gasteiger partial charge in [0, 0.05) is 61.0 Å². The van der Waals surface area contributed by atoms with Gasteiger partial charge in [-0.3, -0.25) is 19.8 Å². The Kier molecular flexibility index (Phi) is 4.52. The fourth-order valence-corrected chi connectivity index (χ4v) is 5.23. The minimum absolute atomic E-state index is 0.0374. The van der Waals surface area contributed by atoms with Gasteiger partial charge in [0.15, 0.2) is 0 Å². The number of H-pyrrole nitrogens is 1. The molecule has 2 aliphatic rings. The largest absolute Gasteiger partial charge is 0.361 e. The fourth-order valence-electron chi connectivity index (χ4n) is 5.23. The van der Waals surface area contributed by atoms with Gasteiger partial charge in [0.05, 0.1) is 11.0 Å². The van der Waals surface area contributed by atoms with E-state index in [4.69, 9.17) is 0 Å². The summed E-state index contributed by atoms with van der Waals surface area (Å²) in [5, 5.41) is 12.4. The number of amides is 1. The number of carbonyl (C=O) groups excluding carboxylic acids is 1. The van der Waals surface area contributed by atoms with E-state index in [1.165, 1.54) is 5.56 Å². The third-order valence-corrected chi connectivity index (χ3v) is 6.85. The predicted octanol–water partition coefficient (Wildman–Crippen LogP) is 4.60. The molecule has 3 aromatic carbocycles. The first-order valence-corrected chi connectivity index (χ1v) is 11.1. The van der Waals surface area contributed by atoms with Crippen molar-refractivity contribution in [1.82, 2.24) is 14.8 Å². The number of nitro groups is 1. The summed E-state index contributed by atoms with van der Waals surface area (Å²) in [5.74, 6) is 0.0422. The summed E-state index contributed by atoms with van der Waals surface area (Å²) in [7, 11) is 0. The van der Waals surface area contributed by atoms with Crippen molar-refractivity contribution in [3.05, 3.63) is 99.7 Å². The second-order valence-electron chi connectivity index (χ2n) is 8.63. The molecule has 6 rings (SSSR count). The van der Waals surface area contributed by atoms with E-state index in [1.807, 2.05) is 53.6 Å². The van der Waals surface area contributed by atoms with Crippen LogP contribution in [0.2, 0.25) is 0 Å². The molecule has 1 atom stereocenters. The zero-order valence-corrected chi connectivity index (χ0v) is 17.9. The first-order chi connectivity index (χ1) is 16.1. The number of non-ortho nitro benzene ring substituents is 1. The molecule has 2 heterocycles. The lowest BCUT2D eigenvalue weighted by atomic mass is 10.0. The number of piperazine rings is 1. The minimum Gasteiger partial charge on any atom is -0.361 e. The molecule has 1 N–H and O–H groups in total. The zero-order chi connectivity index (χ0) is 22.5. The highest BCUT2D eigenvalue weighted by Crippen LogP contribution is 2.47. The number of nitrogens with zero attached hydrogens (tertiary/aromatic N) is 3. The highest BCUT2D eigenvalue weighted by atomic mass is 16.6. The summed E-state index contributed by atoms with van der Waals surface area (Å²) < 4.78 is 0. The summed E-state index contributed by atoms with van der Waals surface area (Å²) in [6.45, 7) is 2.65. The maximum absolute atomic E-state index is 13.1. The standard InChI is InChI=1S/C26H22N4O3/c31-26(18-5-8-24-17(15-18)9-10-27-24)29-13-11-28(12-14-29)25-22-4-2-1-3-20(22)21-7-6-19(30(32)33)16-23(21)25/h1-10,15-16,25,27H,11-14H2. The summed E-state index contributed by atoms with van der Waals surface area (Å²) in [5.41, 5.74) is 6.16. The summed E-state index contributed by atoms with van der Waals surface area (Å²) in [6, 6.07) is 21.0. The van der Waals surface area contributed by atoms with Gasteiger partial charge in [-0.2, -0.15) is 0 Å². The number of nitrogens with one attached hydrogen (secondary N) is 1. The van der Waals surface area contributed by atoms with Crippen LogP contribution >= 0.6 is 0 Å². The molecule has 1 aliphatic carbocycles. The molecule has 7 heteroatoms. The van der Waals surface area contributed by atoms with Crippen molar-refractivity contribution in [3.8, 4) is 11.1 Å². The van der Waals surface area contributed by atoms with Crippen molar-refractivity contribution < 1.29 is 9.72 Å². The second-order valence-corrected chi connectivity index (χ2v) is 8.63. The van der Waals surface area contributed by atoms with E-state index >= 15 is 0 Å². The van der Waals surface area contributed by atoms with Crippen LogP contribution in [-0.4, -0.2) is 51.8 Å². The average Bonchev–Trinajstić information content (AvgIpc) is 3.45. The first-order valence-electron chi connectivity index (χ1n) is 11.1. The van der Waals surface area contributed by atoms with Gasteiger partial charge in [0.1, 0.15) is 0 Å². The van der Waals surface area contributed by atoms with E-state index in [9.17, 15) is 14.9 Å². The van der Waals surface area contributed by atoms with Crippen LogP contribution in [0.1, 0.15) is 27.5 Å². The topological polar surface area (TPSA) is 82.5 Å². The Bertz CT molecular complexity index is 1400. The van der Waals surface area contributed by atoms with Crippen LogP contribution in [-0.2, 0) is 0 Å². The highest BCUT2D eigenvalue weighted by Gasteiger charge is 2.36. The number of aromatic nitrogens is 1. The van der Waals surface area contributed by atoms with Crippen molar-refractivity contribution in [2.24, 2.45) is 0 Å². The lowest BCUT2D eigenvalue weighted by Gasteiger charge is -2.38. The molecule has 1 aromatic heterocycles. The summed E-state index contributed by atoms with van der Waals surface area (Å²) in [6.07, 6.45) is 1.87. The Labute approximate surface area is 190 Å². The van der Waals surface area contributed by atoms with Gasteiger partial charge in [-0.1, -0.05) is 24.3 Å². The molecule has 1 unspecified atom stereocenters. The number of carbonyl (C=O) groups is 1. The number of aromatic amines is 1. The SMILES string of the molecule is O=C(c1ccc2[nH]ccc2c1)N1CCN(C2c3ccccc3-c3ccc([N+](=O)[O-])cc32)CC1. The first kappa shape index (κ1) is 19.7. The van der Waals surface area contributed by atoms with Gasteiger partial charge in [-0.05, 0) is 52.6 Å². The van der Waals surface area contributed by atoms with Crippen molar-refractivity contribution in [1.29, 1.82) is 0 Å². The van der Waals surface area contributed by atoms with Gasteiger partial charge in [0.2, 0.25) is 0 Å². The molecular formula is C26H22N4O3. The molecule has 0 bridgehead atoms. The zero-order valence-electron chi connectivity index (χ0n) is 17.9. The minimum atomic E-state index is -0.335. The molecule has 1 fully saturated rings. The number of fused-ring (bicyclic) bond motifs is 4. The number of hydrogen-bond acceptors (Lipinski definition) is 4.